The van der Waals surface area contributed by atoms with Crippen LogP contribution in [0.25, 0.3) is 0 Å². The summed E-state index contributed by atoms with van der Waals surface area (Å²) in [4.78, 5) is 11.3. The molecule has 1 aliphatic carbocycles. The Balaban J connectivity index is 1.90. The van der Waals surface area contributed by atoms with Crippen molar-refractivity contribution in [3.8, 4) is 5.75 Å². The maximum atomic E-state index is 11.3. The van der Waals surface area contributed by atoms with E-state index in [-0.39, 0.29) is 6.10 Å². The van der Waals surface area contributed by atoms with E-state index in [0.29, 0.717) is 12.8 Å². The maximum Gasteiger partial charge on any atom is 0.237 e. The average Bonchev–Trinajstić information content (AvgIpc) is 2.81. The molecule has 20 heavy (non-hydrogen) atoms. The summed E-state index contributed by atoms with van der Waals surface area (Å²) in [6, 6.07) is 8.19. The summed E-state index contributed by atoms with van der Waals surface area (Å²) in [5, 5.41) is 0. The van der Waals surface area contributed by atoms with Crippen molar-refractivity contribution in [1.82, 2.24) is 0 Å². The second kappa shape index (κ2) is 6.27. The van der Waals surface area contributed by atoms with Gasteiger partial charge in [0.2, 0.25) is 5.91 Å². The summed E-state index contributed by atoms with van der Waals surface area (Å²) in [5.41, 5.74) is 11.7. The van der Waals surface area contributed by atoms with Crippen LogP contribution >= 0.6 is 0 Å². The molecule has 110 valence electrons. The summed E-state index contributed by atoms with van der Waals surface area (Å²) in [6.07, 6.45) is 5.36. The zero-order valence-electron chi connectivity index (χ0n) is 12.1. The van der Waals surface area contributed by atoms with E-state index in [4.69, 9.17) is 16.2 Å². The lowest BCUT2D eigenvalue weighted by Crippen LogP contribution is -2.50. The van der Waals surface area contributed by atoms with Crippen molar-refractivity contribution in [2.75, 3.05) is 0 Å². The number of unbranched alkanes of at least 4 members (excludes halogenated alkanes) is 1. The smallest absolute Gasteiger partial charge is 0.237 e. The Morgan fingerprint density at radius 3 is 2.65 bits per heavy atom. The molecule has 4 heteroatoms. The Labute approximate surface area is 120 Å². The van der Waals surface area contributed by atoms with Gasteiger partial charge in [0.1, 0.15) is 11.9 Å². The number of amides is 1. The van der Waals surface area contributed by atoms with Crippen LogP contribution in [0.1, 0.15) is 44.6 Å². The highest BCUT2D eigenvalue weighted by Gasteiger charge is 2.41. The van der Waals surface area contributed by atoms with Crippen LogP contribution in [0.4, 0.5) is 0 Å². The highest BCUT2D eigenvalue weighted by Crippen LogP contribution is 2.30. The quantitative estimate of drug-likeness (QED) is 0.835. The van der Waals surface area contributed by atoms with Gasteiger partial charge in [-0.3, -0.25) is 4.79 Å². The van der Waals surface area contributed by atoms with Crippen LogP contribution in [-0.2, 0) is 11.2 Å². The van der Waals surface area contributed by atoms with Gasteiger partial charge in [0.25, 0.3) is 0 Å². The van der Waals surface area contributed by atoms with E-state index < -0.39 is 11.4 Å². The minimum atomic E-state index is -0.897. The van der Waals surface area contributed by atoms with E-state index in [2.05, 4.69) is 19.1 Å². The van der Waals surface area contributed by atoms with Crippen LogP contribution < -0.4 is 16.2 Å². The fraction of sp³-hybridized carbons (Fsp3) is 0.562. The number of primary amides is 1. The first kappa shape index (κ1) is 14.9. The van der Waals surface area contributed by atoms with Gasteiger partial charge in [-0.05, 0) is 43.4 Å². The predicted octanol–water partition coefficient (Wildman–Crippen LogP) is 2.14. The SMILES string of the molecule is CCCCc1ccc(OC2CCC(N)(C(N)=O)C2)cc1. The Morgan fingerprint density at radius 1 is 1.40 bits per heavy atom. The second-order valence-corrected chi connectivity index (χ2v) is 5.75. The summed E-state index contributed by atoms with van der Waals surface area (Å²) in [7, 11) is 0. The van der Waals surface area contributed by atoms with E-state index >= 15 is 0 Å². The van der Waals surface area contributed by atoms with Crippen LogP contribution in [0.5, 0.6) is 5.75 Å². The molecule has 1 aromatic carbocycles. The number of aryl methyl sites for hydroxylation is 1. The first-order valence-electron chi connectivity index (χ1n) is 7.38. The molecule has 0 bridgehead atoms. The molecule has 2 rings (SSSR count). The number of benzene rings is 1. The molecule has 4 N–H and O–H groups in total. The van der Waals surface area contributed by atoms with Gasteiger partial charge in [-0.25, -0.2) is 0 Å². The summed E-state index contributed by atoms with van der Waals surface area (Å²) in [6.45, 7) is 2.19. The molecule has 2 unspecified atom stereocenters. The number of hydrogen-bond acceptors (Lipinski definition) is 3. The molecule has 0 saturated heterocycles. The molecule has 0 aromatic heterocycles. The van der Waals surface area contributed by atoms with E-state index in [0.717, 1.165) is 18.6 Å². The van der Waals surface area contributed by atoms with E-state index in [1.54, 1.807) is 0 Å². The third kappa shape index (κ3) is 3.51. The molecule has 1 aromatic rings. The van der Waals surface area contributed by atoms with Crippen molar-refractivity contribution in [3.05, 3.63) is 29.8 Å². The molecular weight excluding hydrogens is 252 g/mol. The molecule has 0 spiro atoms. The molecule has 0 radical (unpaired) electrons. The van der Waals surface area contributed by atoms with E-state index in [1.165, 1.54) is 18.4 Å². The Bertz CT molecular complexity index is 458. The lowest BCUT2D eigenvalue weighted by molar-refractivity contribution is -0.123. The molecular formula is C16H24N2O2. The van der Waals surface area contributed by atoms with E-state index in [9.17, 15) is 4.79 Å². The van der Waals surface area contributed by atoms with Crippen molar-refractivity contribution < 1.29 is 9.53 Å². The Morgan fingerprint density at radius 2 is 2.10 bits per heavy atom. The largest absolute Gasteiger partial charge is 0.490 e. The zero-order chi connectivity index (χ0) is 14.6. The second-order valence-electron chi connectivity index (χ2n) is 5.75. The van der Waals surface area contributed by atoms with Gasteiger partial charge in [-0.2, -0.15) is 0 Å². The van der Waals surface area contributed by atoms with Crippen LogP contribution in [-0.4, -0.2) is 17.6 Å². The molecule has 2 atom stereocenters. The summed E-state index contributed by atoms with van der Waals surface area (Å²) < 4.78 is 5.89. The maximum absolute atomic E-state index is 11.3. The third-order valence-electron chi connectivity index (χ3n) is 4.04. The first-order valence-corrected chi connectivity index (χ1v) is 7.38. The Hall–Kier alpha value is -1.55. The van der Waals surface area contributed by atoms with Crippen molar-refractivity contribution in [2.45, 2.75) is 57.1 Å². The van der Waals surface area contributed by atoms with Crippen LogP contribution in [0.3, 0.4) is 0 Å². The van der Waals surface area contributed by atoms with E-state index in [1.807, 2.05) is 12.1 Å². The van der Waals surface area contributed by atoms with Gasteiger partial charge in [0.15, 0.2) is 0 Å². The summed E-state index contributed by atoms with van der Waals surface area (Å²) >= 11 is 0. The number of carbonyl (C=O) groups is 1. The molecule has 0 aliphatic heterocycles. The molecule has 0 heterocycles. The van der Waals surface area contributed by atoms with Crippen LogP contribution in [0, 0.1) is 0 Å². The minimum Gasteiger partial charge on any atom is -0.490 e. The molecule has 4 nitrogen and oxygen atoms in total. The molecule has 1 saturated carbocycles. The van der Waals surface area contributed by atoms with Crippen molar-refractivity contribution in [2.24, 2.45) is 11.5 Å². The first-order chi connectivity index (χ1) is 9.53. The third-order valence-corrected chi connectivity index (χ3v) is 4.04. The normalized spacial score (nSPS) is 25.6. The fourth-order valence-electron chi connectivity index (χ4n) is 2.66. The highest BCUT2D eigenvalue weighted by atomic mass is 16.5. The van der Waals surface area contributed by atoms with Crippen molar-refractivity contribution >= 4 is 5.91 Å². The molecule has 1 amide bonds. The lowest BCUT2D eigenvalue weighted by atomic mass is 9.99. The molecule has 1 fully saturated rings. The van der Waals surface area contributed by atoms with Gasteiger partial charge in [-0.1, -0.05) is 25.5 Å². The summed E-state index contributed by atoms with van der Waals surface area (Å²) in [5.74, 6) is 0.405. The number of nitrogens with two attached hydrogens (primary N) is 2. The zero-order valence-corrected chi connectivity index (χ0v) is 12.1. The van der Waals surface area contributed by atoms with Crippen LogP contribution in [0.15, 0.2) is 24.3 Å². The van der Waals surface area contributed by atoms with Gasteiger partial charge >= 0.3 is 0 Å². The van der Waals surface area contributed by atoms with Gasteiger partial charge in [0, 0.05) is 6.42 Å². The van der Waals surface area contributed by atoms with Crippen molar-refractivity contribution in [3.63, 3.8) is 0 Å². The highest BCUT2D eigenvalue weighted by molar-refractivity contribution is 5.84. The number of ether oxygens (including phenoxy) is 1. The monoisotopic (exact) mass is 276 g/mol. The Kier molecular flexibility index (Phi) is 4.65. The van der Waals surface area contributed by atoms with Crippen molar-refractivity contribution in [1.29, 1.82) is 0 Å². The topological polar surface area (TPSA) is 78.3 Å². The number of hydrogen-bond donors (Lipinski definition) is 2. The van der Waals surface area contributed by atoms with Gasteiger partial charge in [-0.15, -0.1) is 0 Å². The van der Waals surface area contributed by atoms with Crippen LogP contribution in [0.2, 0.25) is 0 Å². The molecule has 1 aliphatic rings. The predicted molar refractivity (Wildman–Crippen MR) is 79.4 cm³/mol. The minimum absolute atomic E-state index is 0.0195. The lowest BCUT2D eigenvalue weighted by Gasteiger charge is -2.20. The number of rotatable bonds is 6. The average molecular weight is 276 g/mol. The fourth-order valence-corrected chi connectivity index (χ4v) is 2.66. The van der Waals surface area contributed by atoms with Gasteiger partial charge in [0.05, 0.1) is 5.54 Å². The van der Waals surface area contributed by atoms with Gasteiger partial charge < -0.3 is 16.2 Å². The standard InChI is InChI=1S/C16H24N2O2/c1-2-3-4-12-5-7-13(8-6-12)20-14-9-10-16(18,11-14)15(17)19/h5-8,14H,2-4,9-11,18H2,1H3,(H2,17,19). The number of carbonyl (C=O) groups excluding carboxylic acids is 1.